The van der Waals surface area contributed by atoms with Crippen molar-refractivity contribution in [2.45, 2.75) is 24.7 Å². The predicted molar refractivity (Wildman–Crippen MR) is 98.3 cm³/mol. The smallest absolute Gasteiger partial charge is 0.341 e. The Bertz CT molecular complexity index is 1070. The van der Waals surface area contributed by atoms with Crippen molar-refractivity contribution >= 4 is 28.3 Å². The van der Waals surface area contributed by atoms with Crippen LogP contribution in [0.15, 0.2) is 28.3 Å². The second-order valence-corrected chi connectivity index (χ2v) is 6.87. The summed E-state index contributed by atoms with van der Waals surface area (Å²) in [5.41, 5.74) is 5.57. The first kappa shape index (κ1) is 18.4. The number of nitrogens with two attached hydrogens (primary N) is 1. The minimum atomic E-state index is -1.44. The number of alkyl halides is 1. The van der Waals surface area contributed by atoms with Gasteiger partial charge in [0, 0.05) is 24.5 Å². The summed E-state index contributed by atoms with van der Waals surface area (Å²) in [6, 6.07) is 1.51. The molecule has 28 heavy (non-hydrogen) atoms. The summed E-state index contributed by atoms with van der Waals surface area (Å²) in [7, 11) is 1.40. The summed E-state index contributed by atoms with van der Waals surface area (Å²) in [5, 5.41) is 13.0. The minimum Gasteiger partial charge on any atom is -0.477 e. The summed E-state index contributed by atoms with van der Waals surface area (Å²) in [5.74, 6) is -2.13. The second-order valence-electron chi connectivity index (χ2n) is 6.87. The lowest BCUT2D eigenvalue weighted by atomic mass is 9.98. The average Bonchev–Trinajstić information content (AvgIpc) is 3.35. The number of oxime groups is 1. The molecule has 0 radical (unpaired) electrons. The lowest BCUT2D eigenvalue weighted by molar-refractivity contribution is 0.0694. The first-order valence-corrected chi connectivity index (χ1v) is 8.69. The standard InChI is InChI=1S/C18H18F2N4O4/c1-28-22-12-7-24(16(12)5-21)15-4-13-8(2-10(15)19)17(25)9(18(26)27)6-23(13)14-3-11(14)20/h2,4,6,11,14,16H,3,5,7,21H2,1H3,(H,26,27)/b22-12-/t11-,14+,16-/m0/s1. The maximum atomic E-state index is 14.8. The molecule has 0 unspecified atom stereocenters. The summed E-state index contributed by atoms with van der Waals surface area (Å²) in [6.07, 6.45) is 0.207. The molecule has 4 rings (SSSR count). The van der Waals surface area contributed by atoms with E-state index < -0.39 is 35.0 Å². The van der Waals surface area contributed by atoms with Gasteiger partial charge >= 0.3 is 5.97 Å². The van der Waals surface area contributed by atoms with Crippen LogP contribution in [0.4, 0.5) is 14.5 Å². The number of aromatic nitrogens is 1. The SMILES string of the molecule is CO/N=C1/CN(c2cc3c(cc2F)c(=O)c(C(=O)O)cn3[C@@H]2C[C@@H]2F)[C@H]1CN. The number of anilines is 1. The van der Waals surface area contributed by atoms with Crippen LogP contribution >= 0.6 is 0 Å². The van der Waals surface area contributed by atoms with Crippen LogP contribution in [0, 0.1) is 5.82 Å². The van der Waals surface area contributed by atoms with Gasteiger partial charge in [-0.1, -0.05) is 5.16 Å². The van der Waals surface area contributed by atoms with E-state index in [1.165, 1.54) is 17.7 Å². The molecular weight excluding hydrogens is 374 g/mol. The van der Waals surface area contributed by atoms with Gasteiger partial charge in [0.1, 0.15) is 30.4 Å². The average molecular weight is 392 g/mol. The van der Waals surface area contributed by atoms with Crippen LogP contribution in [-0.4, -0.2) is 53.8 Å². The Morgan fingerprint density at radius 2 is 2.18 bits per heavy atom. The number of nitrogens with zero attached hydrogens (tertiary/aromatic N) is 3. The fourth-order valence-corrected chi connectivity index (χ4v) is 3.63. The van der Waals surface area contributed by atoms with E-state index in [0.29, 0.717) is 12.3 Å². The molecule has 148 valence electrons. The third kappa shape index (κ3) is 2.71. The Kier molecular flexibility index (Phi) is 4.30. The van der Waals surface area contributed by atoms with Crippen LogP contribution in [0.1, 0.15) is 22.8 Å². The van der Waals surface area contributed by atoms with Gasteiger partial charge in [0.2, 0.25) is 5.43 Å². The molecule has 3 atom stereocenters. The molecule has 3 N–H and O–H groups in total. The van der Waals surface area contributed by atoms with Crippen LogP contribution in [0.25, 0.3) is 10.9 Å². The van der Waals surface area contributed by atoms with Gasteiger partial charge in [-0.2, -0.15) is 0 Å². The van der Waals surface area contributed by atoms with E-state index in [0.717, 1.165) is 12.3 Å². The van der Waals surface area contributed by atoms with Crippen molar-refractivity contribution in [2.75, 3.05) is 25.1 Å². The van der Waals surface area contributed by atoms with Gasteiger partial charge in [-0.25, -0.2) is 13.6 Å². The van der Waals surface area contributed by atoms with Crippen LogP contribution in [-0.2, 0) is 4.84 Å². The highest BCUT2D eigenvalue weighted by molar-refractivity contribution is 6.04. The number of fused-ring (bicyclic) bond motifs is 1. The first-order valence-electron chi connectivity index (χ1n) is 8.69. The second kappa shape index (κ2) is 6.55. The van der Waals surface area contributed by atoms with Crippen molar-refractivity contribution in [2.24, 2.45) is 10.9 Å². The van der Waals surface area contributed by atoms with E-state index in [1.807, 2.05) is 0 Å². The third-order valence-corrected chi connectivity index (χ3v) is 5.20. The lowest BCUT2D eigenvalue weighted by Crippen LogP contribution is -2.61. The van der Waals surface area contributed by atoms with Crippen molar-refractivity contribution in [1.82, 2.24) is 4.57 Å². The molecular formula is C18H18F2N4O4. The lowest BCUT2D eigenvalue weighted by Gasteiger charge is -2.43. The van der Waals surface area contributed by atoms with Gasteiger partial charge in [-0.3, -0.25) is 4.79 Å². The summed E-state index contributed by atoms with van der Waals surface area (Å²) in [4.78, 5) is 30.3. The fourth-order valence-electron chi connectivity index (χ4n) is 3.63. The van der Waals surface area contributed by atoms with E-state index in [2.05, 4.69) is 5.16 Å². The number of carboxylic acid groups (broad SMARTS) is 1. The molecule has 1 aromatic heterocycles. The number of benzene rings is 1. The molecule has 0 bridgehead atoms. The zero-order valence-electron chi connectivity index (χ0n) is 14.9. The molecule has 0 spiro atoms. The Labute approximate surface area is 157 Å². The maximum Gasteiger partial charge on any atom is 0.341 e. The monoisotopic (exact) mass is 392 g/mol. The normalized spacial score (nSPS) is 25.1. The van der Waals surface area contributed by atoms with Crippen LogP contribution in [0.3, 0.4) is 0 Å². The number of pyridine rings is 1. The van der Waals surface area contributed by atoms with Crippen molar-refractivity contribution in [3.8, 4) is 0 Å². The fraction of sp³-hybridized carbons (Fsp3) is 0.389. The summed E-state index contributed by atoms with van der Waals surface area (Å²) >= 11 is 0. The van der Waals surface area contributed by atoms with E-state index in [1.54, 1.807) is 4.90 Å². The van der Waals surface area contributed by atoms with Crippen molar-refractivity contribution in [3.05, 3.63) is 39.9 Å². The quantitative estimate of drug-likeness (QED) is 0.742. The van der Waals surface area contributed by atoms with Gasteiger partial charge < -0.3 is 25.1 Å². The molecule has 8 nitrogen and oxygen atoms in total. The highest BCUT2D eigenvalue weighted by atomic mass is 19.1. The molecule has 2 fully saturated rings. The molecule has 0 amide bonds. The predicted octanol–water partition coefficient (Wildman–Crippen LogP) is 1.27. The number of halogens is 2. The molecule has 1 saturated heterocycles. The molecule has 2 aliphatic rings. The zero-order valence-corrected chi connectivity index (χ0v) is 14.9. The van der Waals surface area contributed by atoms with Crippen LogP contribution in [0.5, 0.6) is 0 Å². The minimum absolute atomic E-state index is 0.101. The van der Waals surface area contributed by atoms with Crippen LogP contribution < -0.4 is 16.1 Å². The van der Waals surface area contributed by atoms with Crippen LogP contribution in [0.2, 0.25) is 0 Å². The molecule has 2 heterocycles. The number of hydrogen-bond acceptors (Lipinski definition) is 6. The largest absolute Gasteiger partial charge is 0.477 e. The van der Waals surface area contributed by atoms with E-state index in [4.69, 9.17) is 10.6 Å². The molecule has 1 aliphatic carbocycles. The Hall–Kier alpha value is -3.01. The highest BCUT2D eigenvalue weighted by Crippen LogP contribution is 2.41. The van der Waals surface area contributed by atoms with Gasteiger partial charge in [0.15, 0.2) is 0 Å². The van der Waals surface area contributed by atoms with Gasteiger partial charge in [0.05, 0.1) is 29.8 Å². The molecule has 1 aromatic carbocycles. The number of rotatable bonds is 5. The topological polar surface area (TPSA) is 110 Å². The van der Waals surface area contributed by atoms with Gasteiger partial charge in [-0.15, -0.1) is 0 Å². The summed E-state index contributed by atoms with van der Waals surface area (Å²) in [6.45, 7) is 0.477. The van der Waals surface area contributed by atoms with Gasteiger partial charge in [-0.05, 0) is 12.1 Å². The molecule has 10 heteroatoms. The van der Waals surface area contributed by atoms with Gasteiger partial charge in [0.25, 0.3) is 0 Å². The molecule has 1 aliphatic heterocycles. The third-order valence-electron chi connectivity index (χ3n) is 5.20. The van der Waals surface area contributed by atoms with E-state index in [9.17, 15) is 23.5 Å². The number of carbonyl (C=O) groups is 1. The van der Waals surface area contributed by atoms with E-state index in [-0.39, 0.29) is 35.6 Å². The highest BCUT2D eigenvalue weighted by Gasteiger charge is 2.41. The zero-order chi connectivity index (χ0) is 20.2. The molecule has 2 aromatic rings. The maximum absolute atomic E-state index is 14.8. The molecule has 1 saturated carbocycles. The van der Waals surface area contributed by atoms with Crippen molar-refractivity contribution in [1.29, 1.82) is 0 Å². The van der Waals surface area contributed by atoms with Crippen molar-refractivity contribution < 1.29 is 23.5 Å². The Balaban J connectivity index is 1.89. The summed E-state index contributed by atoms with van der Waals surface area (Å²) < 4.78 is 30.0. The Morgan fingerprint density at radius 3 is 2.75 bits per heavy atom. The number of hydrogen-bond donors (Lipinski definition) is 2. The van der Waals surface area contributed by atoms with Crippen molar-refractivity contribution in [3.63, 3.8) is 0 Å². The first-order chi connectivity index (χ1) is 13.4. The number of aromatic carboxylic acids is 1. The van der Waals surface area contributed by atoms with E-state index >= 15 is 0 Å². The Morgan fingerprint density at radius 1 is 1.46 bits per heavy atom. The number of carboxylic acids is 1.